The Balaban J connectivity index is 1.66. The third-order valence-corrected chi connectivity index (χ3v) is 2.94. The summed E-state index contributed by atoms with van der Waals surface area (Å²) in [5.41, 5.74) is 0. The van der Waals surface area contributed by atoms with Crippen molar-refractivity contribution >= 4 is 0 Å². The molecule has 0 saturated heterocycles. The molecule has 84 valence electrons. The monoisotopic (exact) mass is 210 g/mol. The third kappa shape index (κ3) is 2.54. The number of rotatable bonds is 5. The Kier molecular flexibility index (Phi) is 3.33. The summed E-state index contributed by atoms with van der Waals surface area (Å²) < 4.78 is 7.62. The first kappa shape index (κ1) is 10.6. The number of aryl methyl sites for hydroxylation is 1. The molecule has 0 atom stereocenters. The smallest absolute Gasteiger partial charge is 0.158 e. The van der Waals surface area contributed by atoms with E-state index >= 15 is 0 Å². The van der Waals surface area contributed by atoms with Crippen LogP contribution in [0.25, 0.3) is 0 Å². The fraction of sp³-hybridized carbons (Fsp3) is 0.800. The summed E-state index contributed by atoms with van der Waals surface area (Å²) >= 11 is 0. The van der Waals surface area contributed by atoms with Crippen molar-refractivity contribution in [2.24, 2.45) is 13.0 Å². The average Bonchev–Trinajstić information content (AvgIpc) is 2.55. The molecular weight excluding hydrogens is 192 g/mol. The maximum atomic E-state index is 5.73. The summed E-state index contributed by atoms with van der Waals surface area (Å²) in [6, 6.07) is 0. The van der Waals surface area contributed by atoms with E-state index in [1.807, 2.05) is 18.7 Å². The van der Waals surface area contributed by atoms with Crippen molar-refractivity contribution in [3.63, 3.8) is 0 Å². The molecule has 0 radical (unpaired) electrons. The van der Waals surface area contributed by atoms with Crippen LogP contribution in [-0.4, -0.2) is 34.5 Å². The van der Waals surface area contributed by atoms with Crippen LogP contribution in [0.2, 0.25) is 0 Å². The molecule has 0 aromatic carbocycles. The zero-order chi connectivity index (χ0) is 10.7. The average molecular weight is 210 g/mol. The van der Waals surface area contributed by atoms with Crippen LogP contribution < -0.4 is 5.32 Å². The van der Waals surface area contributed by atoms with Gasteiger partial charge in [0.1, 0.15) is 12.9 Å². The van der Waals surface area contributed by atoms with Crippen molar-refractivity contribution in [1.82, 2.24) is 20.1 Å². The van der Waals surface area contributed by atoms with Gasteiger partial charge in [0.2, 0.25) is 0 Å². The fourth-order valence-electron chi connectivity index (χ4n) is 1.90. The topological polar surface area (TPSA) is 52.0 Å². The molecule has 0 unspecified atom stereocenters. The minimum atomic E-state index is 0.417. The van der Waals surface area contributed by atoms with Crippen LogP contribution in [0.1, 0.15) is 18.7 Å². The van der Waals surface area contributed by atoms with Crippen molar-refractivity contribution in [1.29, 1.82) is 0 Å². The summed E-state index contributed by atoms with van der Waals surface area (Å²) in [5.74, 6) is 1.69. The summed E-state index contributed by atoms with van der Waals surface area (Å²) in [4.78, 5) is 0. The van der Waals surface area contributed by atoms with Crippen LogP contribution in [0.5, 0.6) is 0 Å². The first-order chi connectivity index (χ1) is 7.29. The molecule has 0 bridgehead atoms. The summed E-state index contributed by atoms with van der Waals surface area (Å²) in [6.07, 6.45) is 4.45. The van der Waals surface area contributed by atoms with Crippen LogP contribution in [0.15, 0.2) is 6.33 Å². The summed E-state index contributed by atoms with van der Waals surface area (Å²) in [7, 11) is 3.93. The summed E-state index contributed by atoms with van der Waals surface area (Å²) in [5, 5.41) is 11.0. The lowest BCUT2D eigenvalue weighted by Crippen LogP contribution is -2.36. The van der Waals surface area contributed by atoms with Crippen LogP contribution in [0, 0.1) is 5.92 Å². The van der Waals surface area contributed by atoms with E-state index < -0.39 is 0 Å². The van der Waals surface area contributed by atoms with E-state index in [0.29, 0.717) is 12.7 Å². The van der Waals surface area contributed by atoms with Gasteiger partial charge in [-0.2, -0.15) is 0 Å². The Bertz CT molecular complexity index is 306. The van der Waals surface area contributed by atoms with Crippen molar-refractivity contribution in [2.45, 2.75) is 25.6 Å². The van der Waals surface area contributed by atoms with Gasteiger partial charge < -0.3 is 14.6 Å². The van der Waals surface area contributed by atoms with Gasteiger partial charge in [0.25, 0.3) is 0 Å². The zero-order valence-corrected chi connectivity index (χ0v) is 9.31. The third-order valence-electron chi connectivity index (χ3n) is 2.94. The molecule has 1 heterocycles. The van der Waals surface area contributed by atoms with E-state index in [1.165, 1.54) is 12.8 Å². The molecule has 2 rings (SSSR count). The second-order valence-corrected chi connectivity index (χ2v) is 4.19. The molecule has 1 aliphatic rings. The molecular formula is C10H18N4O. The van der Waals surface area contributed by atoms with E-state index in [-0.39, 0.29) is 0 Å². The number of ether oxygens (including phenoxy) is 1. The first-order valence-corrected chi connectivity index (χ1v) is 5.38. The van der Waals surface area contributed by atoms with Crippen LogP contribution >= 0.6 is 0 Å². The van der Waals surface area contributed by atoms with Crippen molar-refractivity contribution in [2.75, 3.05) is 13.6 Å². The van der Waals surface area contributed by atoms with Gasteiger partial charge in [0, 0.05) is 7.05 Å². The van der Waals surface area contributed by atoms with Crippen molar-refractivity contribution in [3.8, 4) is 0 Å². The van der Waals surface area contributed by atoms with Gasteiger partial charge in [-0.3, -0.25) is 0 Å². The molecule has 0 amide bonds. The highest BCUT2D eigenvalue weighted by Crippen LogP contribution is 2.29. The Hall–Kier alpha value is -0.940. The standard InChI is InChI=1S/C10H18N4O/c1-11-5-8-3-9(4-8)15-6-10-13-12-7-14(10)2/h7-9,11H,3-6H2,1-2H3. The van der Waals surface area contributed by atoms with E-state index in [4.69, 9.17) is 4.74 Å². The van der Waals surface area contributed by atoms with Gasteiger partial charge >= 0.3 is 0 Å². The predicted molar refractivity (Wildman–Crippen MR) is 56.2 cm³/mol. The SMILES string of the molecule is CNCC1CC(OCc2nncn2C)C1. The first-order valence-electron chi connectivity index (χ1n) is 5.38. The molecule has 15 heavy (non-hydrogen) atoms. The minimum Gasteiger partial charge on any atom is -0.370 e. The van der Waals surface area contributed by atoms with E-state index in [9.17, 15) is 0 Å². The minimum absolute atomic E-state index is 0.417. The Morgan fingerprint density at radius 2 is 2.40 bits per heavy atom. The number of nitrogens with one attached hydrogen (secondary N) is 1. The van der Waals surface area contributed by atoms with Gasteiger partial charge in [-0.25, -0.2) is 0 Å². The number of hydrogen-bond acceptors (Lipinski definition) is 4. The Morgan fingerprint density at radius 3 is 3.00 bits per heavy atom. The van der Waals surface area contributed by atoms with Gasteiger partial charge in [-0.05, 0) is 32.4 Å². The molecule has 5 nitrogen and oxygen atoms in total. The lowest BCUT2D eigenvalue weighted by atomic mass is 9.82. The number of aromatic nitrogens is 3. The number of nitrogens with zero attached hydrogens (tertiary/aromatic N) is 3. The Labute approximate surface area is 89.8 Å². The lowest BCUT2D eigenvalue weighted by Gasteiger charge is -2.34. The van der Waals surface area contributed by atoms with E-state index in [0.717, 1.165) is 18.3 Å². The van der Waals surface area contributed by atoms with Gasteiger partial charge in [-0.15, -0.1) is 10.2 Å². The van der Waals surface area contributed by atoms with Crippen molar-refractivity contribution < 1.29 is 4.74 Å². The number of hydrogen-bond donors (Lipinski definition) is 1. The largest absolute Gasteiger partial charge is 0.370 e. The van der Waals surface area contributed by atoms with Gasteiger partial charge in [0.05, 0.1) is 6.10 Å². The van der Waals surface area contributed by atoms with Crippen LogP contribution in [0.4, 0.5) is 0 Å². The molecule has 0 aliphatic heterocycles. The van der Waals surface area contributed by atoms with Crippen molar-refractivity contribution in [3.05, 3.63) is 12.2 Å². The highest BCUT2D eigenvalue weighted by atomic mass is 16.5. The normalized spacial score (nSPS) is 25.2. The Morgan fingerprint density at radius 1 is 1.60 bits per heavy atom. The highest BCUT2D eigenvalue weighted by molar-refractivity contribution is 4.85. The molecule has 1 aliphatic carbocycles. The zero-order valence-electron chi connectivity index (χ0n) is 9.31. The van der Waals surface area contributed by atoms with Gasteiger partial charge in [0.15, 0.2) is 5.82 Å². The molecule has 1 saturated carbocycles. The molecule has 1 aromatic rings. The predicted octanol–water partition coefficient (Wildman–Crippen LogP) is 0.330. The molecule has 1 aromatic heterocycles. The fourth-order valence-corrected chi connectivity index (χ4v) is 1.90. The molecule has 5 heteroatoms. The highest BCUT2D eigenvalue weighted by Gasteiger charge is 2.29. The van der Waals surface area contributed by atoms with E-state index in [2.05, 4.69) is 15.5 Å². The summed E-state index contributed by atoms with van der Waals surface area (Å²) in [6.45, 7) is 1.68. The maximum absolute atomic E-state index is 5.73. The molecule has 1 fully saturated rings. The second-order valence-electron chi connectivity index (χ2n) is 4.19. The molecule has 1 N–H and O–H groups in total. The lowest BCUT2D eigenvalue weighted by molar-refractivity contribution is -0.0422. The maximum Gasteiger partial charge on any atom is 0.158 e. The quantitative estimate of drug-likeness (QED) is 0.761. The van der Waals surface area contributed by atoms with Gasteiger partial charge in [-0.1, -0.05) is 0 Å². The van der Waals surface area contributed by atoms with Crippen LogP contribution in [-0.2, 0) is 18.4 Å². The van der Waals surface area contributed by atoms with E-state index in [1.54, 1.807) is 6.33 Å². The second kappa shape index (κ2) is 4.72. The molecule has 0 spiro atoms. The van der Waals surface area contributed by atoms with Crippen LogP contribution in [0.3, 0.4) is 0 Å².